The number of hydrogen-bond acceptors (Lipinski definition) is 17. The van der Waals surface area contributed by atoms with Crippen LogP contribution in [0.15, 0.2) is 118 Å². The molecule has 1 aliphatic heterocycles. The molecular weight excluding hydrogens is 861 g/mol. The van der Waals surface area contributed by atoms with Crippen molar-refractivity contribution in [3.8, 4) is 22.8 Å². The first-order valence-electron chi connectivity index (χ1n) is 22.1. The Balaban J connectivity index is 0.801. The highest BCUT2D eigenvalue weighted by atomic mass is 16.6. The number of hydrazine groups is 2. The second-order valence-corrected chi connectivity index (χ2v) is 15.4. The van der Waals surface area contributed by atoms with Crippen molar-refractivity contribution in [2.24, 2.45) is 23.2 Å². The summed E-state index contributed by atoms with van der Waals surface area (Å²) in [6.07, 6.45) is 1.85. The van der Waals surface area contributed by atoms with Gasteiger partial charge >= 0.3 is 0 Å². The van der Waals surface area contributed by atoms with Crippen molar-refractivity contribution in [2.75, 3.05) is 104 Å². The Morgan fingerprint density at radius 2 is 1.39 bits per heavy atom. The van der Waals surface area contributed by atoms with Crippen molar-refractivity contribution in [3.05, 3.63) is 136 Å². The van der Waals surface area contributed by atoms with E-state index >= 15 is 0 Å². The third-order valence-electron chi connectivity index (χ3n) is 10.6. The molecule has 0 saturated heterocycles. The molecule has 4 aromatic carbocycles. The number of ether oxygens (including phenoxy) is 6. The van der Waals surface area contributed by atoms with E-state index in [4.69, 9.17) is 56.0 Å². The molecule has 1 aliphatic rings. The van der Waals surface area contributed by atoms with Crippen LogP contribution in [0, 0.1) is 0 Å². The second kappa shape index (κ2) is 26.0. The zero-order chi connectivity index (χ0) is 47.4. The maximum Gasteiger partial charge on any atom is 0.228 e. The minimum absolute atomic E-state index is 0.000681. The van der Waals surface area contributed by atoms with E-state index in [1.807, 2.05) is 85.9 Å². The zero-order valence-corrected chi connectivity index (χ0v) is 37.9. The van der Waals surface area contributed by atoms with Crippen molar-refractivity contribution in [2.45, 2.75) is 13.0 Å². The normalized spacial score (nSPS) is 13.8. The number of fused-ring (bicyclic) bond motifs is 3. The Labute approximate surface area is 390 Å². The van der Waals surface area contributed by atoms with Gasteiger partial charge in [0, 0.05) is 41.9 Å². The standard InChI is InChI=1S/C49H62N8O10/c1-54-18-17-45(60)56-32-36-11-5-6-12-38(36)47(46(51)39-13-7-8-14-41(39)56)57(53)20-22-62-24-26-64-28-30-65-29-27-63-25-23-61-21-19-55(52)33-37(50)34-66-49-42(58)16-15-40-43(59)31-44(67-48(40)49)35-9-3-2-4-10-35/h2-16,31,33,54,58H,17-30,32,34,50-53H2,1H3/b37-33-,47-46-. The molecular formula is C49H62N8O10. The minimum atomic E-state index is -0.272. The zero-order valence-electron chi connectivity index (χ0n) is 37.9. The number of nitrogens with zero attached hydrogens (tertiary/aromatic N) is 3. The van der Waals surface area contributed by atoms with Gasteiger partial charge in [-0.25, -0.2) is 11.7 Å². The number of phenolic OH excluding ortho intramolecular Hbond substituents is 1. The number of nitrogens with two attached hydrogens (primary N) is 4. The summed E-state index contributed by atoms with van der Waals surface area (Å²) >= 11 is 0. The van der Waals surface area contributed by atoms with Gasteiger partial charge in [0.25, 0.3) is 0 Å². The van der Waals surface area contributed by atoms with Gasteiger partial charge in [-0.2, -0.15) is 0 Å². The highest BCUT2D eigenvalue weighted by Gasteiger charge is 2.27. The number of carbonyl (C=O) groups excluding carboxylic acids is 1. The molecule has 18 nitrogen and oxygen atoms in total. The van der Waals surface area contributed by atoms with Crippen LogP contribution in [0.2, 0.25) is 0 Å². The maximum absolute atomic E-state index is 13.3. The van der Waals surface area contributed by atoms with Crippen molar-refractivity contribution in [1.29, 1.82) is 0 Å². The first-order valence-corrected chi connectivity index (χ1v) is 22.1. The minimum Gasteiger partial charge on any atom is -0.504 e. The van der Waals surface area contributed by atoms with Gasteiger partial charge in [0.1, 0.15) is 12.4 Å². The smallest absolute Gasteiger partial charge is 0.228 e. The van der Waals surface area contributed by atoms with Gasteiger partial charge in [-0.3, -0.25) is 9.59 Å². The number of aromatic hydroxyl groups is 1. The molecule has 0 radical (unpaired) electrons. The van der Waals surface area contributed by atoms with E-state index in [-0.39, 0.29) is 46.1 Å². The average Bonchev–Trinajstić information content (AvgIpc) is 3.33. The van der Waals surface area contributed by atoms with Crippen LogP contribution in [0.25, 0.3) is 33.7 Å². The molecule has 0 aliphatic carbocycles. The number of nitrogens with one attached hydrogen (secondary N) is 1. The van der Waals surface area contributed by atoms with Crippen LogP contribution in [-0.2, 0) is 35.0 Å². The summed E-state index contributed by atoms with van der Waals surface area (Å²) in [7, 11) is 1.83. The molecule has 1 amide bonds. The van der Waals surface area contributed by atoms with Crippen LogP contribution in [0.1, 0.15) is 23.1 Å². The summed E-state index contributed by atoms with van der Waals surface area (Å²) in [4.78, 5) is 28.0. The fourth-order valence-corrected chi connectivity index (χ4v) is 7.22. The molecule has 6 rings (SSSR count). The number of benzene rings is 4. The van der Waals surface area contributed by atoms with E-state index in [0.29, 0.717) is 121 Å². The third-order valence-corrected chi connectivity index (χ3v) is 10.6. The third kappa shape index (κ3) is 14.3. The molecule has 0 bridgehead atoms. The van der Waals surface area contributed by atoms with Gasteiger partial charge in [0.15, 0.2) is 16.8 Å². The van der Waals surface area contributed by atoms with Crippen LogP contribution in [0.5, 0.6) is 11.5 Å². The van der Waals surface area contributed by atoms with Crippen molar-refractivity contribution in [1.82, 2.24) is 15.3 Å². The van der Waals surface area contributed by atoms with Crippen LogP contribution >= 0.6 is 0 Å². The van der Waals surface area contributed by atoms with E-state index in [1.165, 1.54) is 29.4 Å². The van der Waals surface area contributed by atoms with Gasteiger partial charge in [-0.05, 0) is 30.8 Å². The first kappa shape index (κ1) is 49.9. The Morgan fingerprint density at radius 1 is 0.791 bits per heavy atom. The monoisotopic (exact) mass is 922 g/mol. The largest absolute Gasteiger partial charge is 0.504 e. The molecule has 2 heterocycles. The summed E-state index contributed by atoms with van der Waals surface area (Å²) in [5.41, 5.74) is 18.3. The van der Waals surface area contributed by atoms with Crippen molar-refractivity contribution in [3.63, 3.8) is 0 Å². The van der Waals surface area contributed by atoms with E-state index in [9.17, 15) is 14.7 Å². The molecule has 0 unspecified atom stereocenters. The van der Waals surface area contributed by atoms with Crippen molar-refractivity contribution >= 4 is 34.0 Å². The van der Waals surface area contributed by atoms with E-state index in [2.05, 4.69) is 5.32 Å². The molecule has 0 fully saturated rings. The molecule has 67 heavy (non-hydrogen) atoms. The fourth-order valence-electron chi connectivity index (χ4n) is 7.22. The number of phenols is 1. The SMILES string of the molecule is CNCCC(=O)N1Cc2ccccc2/C(N(N)CCOCCOCCOCCOCCOCCN(N)/C=C(\N)COc2c(O)ccc3c(=O)cc(-c4ccccc4)oc23)=C(/N)c2ccccc21. The molecule has 1 aromatic heterocycles. The van der Waals surface area contributed by atoms with Gasteiger partial charge < -0.3 is 69.6 Å². The lowest BCUT2D eigenvalue weighted by atomic mass is 9.95. The Hall–Kier alpha value is -6.48. The van der Waals surface area contributed by atoms with Gasteiger partial charge in [-0.15, -0.1) is 0 Å². The number of anilines is 1. The predicted molar refractivity (Wildman–Crippen MR) is 257 cm³/mol. The Kier molecular flexibility index (Phi) is 19.4. The molecule has 0 atom stereocenters. The lowest BCUT2D eigenvalue weighted by Crippen LogP contribution is -2.38. The summed E-state index contributed by atoms with van der Waals surface area (Å²) in [6.45, 7) is 5.35. The number of rotatable bonds is 27. The quantitative estimate of drug-likeness (QED) is 0.0250. The van der Waals surface area contributed by atoms with Gasteiger partial charge in [0.2, 0.25) is 11.7 Å². The topological polar surface area (TPSA) is 249 Å². The number of hydrogen-bond donors (Lipinski definition) is 6. The average molecular weight is 923 g/mol. The summed E-state index contributed by atoms with van der Waals surface area (Å²) in [5, 5.41) is 16.8. The molecule has 18 heteroatoms. The Morgan fingerprint density at radius 3 is 2.06 bits per heavy atom. The van der Waals surface area contributed by atoms with Crippen LogP contribution in [-0.4, -0.2) is 120 Å². The Bertz CT molecular complexity index is 2480. The lowest BCUT2D eigenvalue weighted by molar-refractivity contribution is -0.118. The first-order chi connectivity index (χ1) is 32.7. The summed E-state index contributed by atoms with van der Waals surface area (Å²) in [6, 6.07) is 28.9. The molecule has 0 saturated carbocycles. The van der Waals surface area contributed by atoms with E-state index in [1.54, 1.807) is 9.91 Å². The van der Waals surface area contributed by atoms with Crippen molar-refractivity contribution < 1.29 is 42.7 Å². The molecule has 10 N–H and O–H groups in total. The van der Waals surface area contributed by atoms with Crippen LogP contribution < -0.4 is 43.5 Å². The molecule has 358 valence electrons. The second-order valence-electron chi connectivity index (χ2n) is 15.4. The number of carbonyl (C=O) groups is 1. The predicted octanol–water partition coefficient (Wildman–Crippen LogP) is 3.72. The lowest BCUT2D eigenvalue weighted by Gasteiger charge is -2.33. The van der Waals surface area contributed by atoms with E-state index < -0.39 is 0 Å². The fraction of sp³-hybridized carbons (Fsp3) is 0.347. The van der Waals surface area contributed by atoms with Crippen LogP contribution in [0.4, 0.5) is 5.69 Å². The van der Waals surface area contributed by atoms with Gasteiger partial charge in [-0.1, -0.05) is 72.8 Å². The van der Waals surface area contributed by atoms with E-state index in [0.717, 1.165) is 22.4 Å². The molecule has 5 aromatic rings. The molecule has 0 spiro atoms. The summed E-state index contributed by atoms with van der Waals surface area (Å²) < 4.78 is 40.1. The number of amides is 1. The highest BCUT2D eigenvalue weighted by Crippen LogP contribution is 2.37. The maximum atomic E-state index is 13.3. The highest BCUT2D eigenvalue weighted by molar-refractivity contribution is 6.01. The van der Waals surface area contributed by atoms with Crippen LogP contribution in [0.3, 0.4) is 0 Å². The van der Waals surface area contributed by atoms with Gasteiger partial charge in [0.05, 0.1) is 114 Å². The summed E-state index contributed by atoms with van der Waals surface area (Å²) in [5.74, 6) is 12.9. The number of para-hydroxylation sites is 1.